The van der Waals surface area contributed by atoms with Crippen LogP contribution >= 0.6 is 23.1 Å². The number of nitrogens with zero attached hydrogens (tertiary/aromatic N) is 2. The molecule has 1 aromatic carbocycles. The van der Waals surface area contributed by atoms with Crippen LogP contribution in [0.4, 0.5) is 4.39 Å². The van der Waals surface area contributed by atoms with Gasteiger partial charge >= 0.3 is 0 Å². The molecule has 7 heteroatoms. The summed E-state index contributed by atoms with van der Waals surface area (Å²) in [4.78, 5) is 18.3. The molecule has 1 saturated heterocycles. The summed E-state index contributed by atoms with van der Waals surface area (Å²) >= 11 is 3.01. The lowest BCUT2D eigenvalue weighted by molar-refractivity contribution is 0.129. The molecule has 0 saturated carbocycles. The molecule has 1 aliphatic rings. The summed E-state index contributed by atoms with van der Waals surface area (Å²) in [7, 11) is 1.75. The van der Waals surface area contributed by atoms with Crippen LogP contribution in [0.25, 0.3) is 21.3 Å². The van der Waals surface area contributed by atoms with Crippen molar-refractivity contribution in [3.05, 3.63) is 45.8 Å². The molecule has 0 unspecified atom stereocenters. The molecule has 2 aromatic heterocycles. The first-order chi connectivity index (χ1) is 12.1. The molecule has 1 fully saturated rings. The highest BCUT2D eigenvalue weighted by atomic mass is 32.2. The zero-order chi connectivity index (χ0) is 17.4. The molecular formula is C18H17FN2O2S2. The molecule has 0 N–H and O–H groups in total. The number of thiophene rings is 1. The Morgan fingerprint density at radius 3 is 2.92 bits per heavy atom. The second-order valence-electron chi connectivity index (χ2n) is 6.04. The van der Waals surface area contributed by atoms with Crippen LogP contribution in [0.15, 0.2) is 39.6 Å². The third kappa shape index (κ3) is 3.23. The number of aromatic nitrogens is 2. The fourth-order valence-corrected chi connectivity index (χ4v) is 4.99. The third-order valence-electron chi connectivity index (χ3n) is 4.35. The Balaban J connectivity index is 1.71. The third-order valence-corrected chi connectivity index (χ3v) is 6.39. The summed E-state index contributed by atoms with van der Waals surface area (Å²) in [6, 6.07) is 6.19. The fourth-order valence-electron chi connectivity index (χ4n) is 2.97. The maximum Gasteiger partial charge on any atom is 0.263 e. The van der Waals surface area contributed by atoms with E-state index in [0.29, 0.717) is 10.5 Å². The topological polar surface area (TPSA) is 44.1 Å². The van der Waals surface area contributed by atoms with Gasteiger partial charge in [0.25, 0.3) is 5.56 Å². The predicted molar refractivity (Wildman–Crippen MR) is 100.0 cm³/mol. The predicted octanol–water partition coefficient (Wildman–Crippen LogP) is 4.07. The average Bonchev–Trinajstić information content (AvgIpc) is 3.27. The summed E-state index contributed by atoms with van der Waals surface area (Å²) in [5.74, 6) is 0.518. The minimum atomic E-state index is -0.290. The van der Waals surface area contributed by atoms with Crippen molar-refractivity contribution in [2.75, 3.05) is 12.4 Å². The van der Waals surface area contributed by atoms with Gasteiger partial charge < -0.3 is 4.74 Å². The van der Waals surface area contributed by atoms with Crippen molar-refractivity contribution in [3.8, 4) is 11.1 Å². The summed E-state index contributed by atoms with van der Waals surface area (Å²) in [5.41, 5.74) is 1.57. The lowest BCUT2D eigenvalue weighted by Gasteiger charge is -2.11. The minimum Gasteiger partial charge on any atom is -0.377 e. The van der Waals surface area contributed by atoms with Crippen molar-refractivity contribution in [2.45, 2.75) is 24.1 Å². The Bertz CT molecular complexity index is 960. The second kappa shape index (κ2) is 6.90. The number of hydrogen-bond donors (Lipinski definition) is 0. The van der Waals surface area contributed by atoms with Gasteiger partial charge in [0.2, 0.25) is 0 Å². The van der Waals surface area contributed by atoms with Crippen molar-refractivity contribution in [2.24, 2.45) is 7.05 Å². The van der Waals surface area contributed by atoms with Crippen molar-refractivity contribution in [1.29, 1.82) is 0 Å². The molecule has 1 atom stereocenters. The molecule has 3 aromatic rings. The van der Waals surface area contributed by atoms with Gasteiger partial charge in [0.05, 0.1) is 11.5 Å². The number of hydrogen-bond acceptors (Lipinski definition) is 5. The van der Waals surface area contributed by atoms with Crippen LogP contribution in [0.5, 0.6) is 0 Å². The van der Waals surface area contributed by atoms with Crippen molar-refractivity contribution >= 4 is 33.3 Å². The van der Waals surface area contributed by atoms with E-state index in [-0.39, 0.29) is 17.5 Å². The van der Waals surface area contributed by atoms with E-state index in [4.69, 9.17) is 4.74 Å². The fraction of sp³-hybridized carbons (Fsp3) is 0.333. The Kier molecular flexibility index (Phi) is 4.62. The van der Waals surface area contributed by atoms with Gasteiger partial charge in [-0.05, 0) is 30.5 Å². The van der Waals surface area contributed by atoms with E-state index in [1.54, 1.807) is 35.5 Å². The minimum absolute atomic E-state index is 0.0691. The van der Waals surface area contributed by atoms with Gasteiger partial charge in [0.15, 0.2) is 5.16 Å². The first kappa shape index (κ1) is 16.8. The van der Waals surface area contributed by atoms with Crippen LogP contribution in [0.1, 0.15) is 12.8 Å². The zero-order valence-corrected chi connectivity index (χ0v) is 15.3. The molecule has 130 valence electrons. The van der Waals surface area contributed by atoms with E-state index in [9.17, 15) is 9.18 Å². The van der Waals surface area contributed by atoms with E-state index < -0.39 is 0 Å². The largest absolute Gasteiger partial charge is 0.377 e. The van der Waals surface area contributed by atoms with Crippen molar-refractivity contribution in [3.63, 3.8) is 0 Å². The highest BCUT2D eigenvalue weighted by Crippen LogP contribution is 2.32. The number of halogens is 1. The molecule has 4 nitrogen and oxygen atoms in total. The maximum atomic E-state index is 13.2. The molecule has 4 rings (SSSR count). The van der Waals surface area contributed by atoms with Gasteiger partial charge in [0, 0.05) is 30.4 Å². The van der Waals surface area contributed by atoms with Crippen LogP contribution in [0.3, 0.4) is 0 Å². The van der Waals surface area contributed by atoms with E-state index >= 15 is 0 Å². The second-order valence-corrected chi connectivity index (χ2v) is 7.89. The highest BCUT2D eigenvalue weighted by Gasteiger charge is 2.19. The van der Waals surface area contributed by atoms with Crippen LogP contribution in [0, 0.1) is 5.82 Å². The lowest BCUT2D eigenvalue weighted by Crippen LogP contribution is -2.20. The molecule has 0 bridgehead atoms. The summed E-state index contributed by atoms with van der Waals surface area (Å²) in [5, 5.41) is 3.22. The van der Waals surface area contributed by atoms with Crippen LogP contribution in [-0.2, 0) is 11.8 Å². The van der Waals surface area contributed by atoms with Gasteiger partial charge in [-0.15, -0.1) is 11.3 Å². The molecule has 3 heterocycles. The van der Waals surface area contributed by atoms with E-state index in [1.807, 2.05) is 5.38 Å². The van der Waals surface area contributed by atoms with E-state index in [0.717, 1.165) is 41.2 Å². The normalized spacial score (nSPS) is 17.4. The van der Waals surface area contributed by atoms with E-state index in [1.165, 1.54) is 23.5 Å². The molecule has 0 aliphatic carbocycles. The van der Waals surface area contributed by atoms with E-state index in [2.05, 4.69) is 4.98 Å². The smallest absolute Gasteiger partial charge is 0.263 e. The summed E-state index contributed by atoms with van der Waals surface area (Å²) in [6.45, 7) is 0.822. The average molecular weight is 376 g/mol. The Hall–Kier alpha value is -1.70. The van der Waals surface area contributed by atoms with Gasteiger partial charge in [-0.1, -0.05) is 23.9 Å². The van der Waals surface area contributed by atoms with Crippen molar-refractivity contribution < 1.29 is 9.13 Å². The lowest BCUT2D eigenvalue weighted by atomic mass is 10.1. The SMILES string of the molecule is Cn1c(SC[C@H]2CCCO2)nc2scc(-c3ccc(F)cc3)c2c1=O. The van der Waals surface area contributed by atoms with Gasteiger partial charge in [-0.25, -0.2) is 9.37 Å². The van der Waals surface area contributed by atoms with Gasteiger partial charge in [0.1, 0.15) is 10.6 Å². The summed E-state index contributed by atoms with van der Waals surface area (Å²) < 4.78 is 20.4. The Morgan fingerprint density at radius 2 is 2.20 bits per heavy atom. The zero-order valence-electron chi connectivity index (χ0n) is 13.7. The first-order valence-corrected chi connectivity index (χ1v) is 9.98. The Labute approximate surface area is 152 Å². The molecular weight excluding hydrogens is 359 g/mol. The number of benzene rings is 1. The molecule has 0 radical (unpaired) electrons. The van der Waals surface area contributed by atoms with Crippen LogP contribution in [0.2, 0.25) is 0 Å². The quantitative estimate of drug-likeness (QED) is 0.509. The van der Waals surface area contributed by atoms with Gasteiger partial charge in [-0.2, -0.15) is 0 Å². The maximum absolute atomic E-state index is 13.2. The molecule has 1 aliphatic heterocycles. The highest BCUT2D eigenvalue weighted by molar-refractivity contribution is 7.99. The first-order valence-electron chi connectivity index (χ1n) is 8.12. The molecule has 0 spiro atoms. The van der Waals surface area contributed by atoms with Crippen molar-refractivity contribution in [1.82, 2.24) is 9.55 Å². The van der Waals surface area contributed by atoms with Gasteiger partial charge in [-0.3, -0.25) is 9.36 Å². The van der Waals surface area contributed by atoms with Crippen LogP contribution in [-0.4, -0.2) is 28.0 Å². The number of rotatable bonds is 4. The number of fused-ring (bicyclic) bond motifs is 1. The molecule has 0 amide bonds. The Morgan fingerprint density at radius 1 is 1.40 bits per heavy atom. The monoisotopic (exact) mass is 376 g/mol. The van der Waals surface area contributed by atoms with Crippen LogP contribution < -0.4 is 5.56 Å². The number of thioether (sulfide) groups is 1. The molecule has 25 heavy (non-hydrogen) atoms. The summed E-state index contributed by atoms with van der Waals surface area (Å²) in [6.07, 6.45) is 2.41. The standard InChI is InChI=1S/C18H17FN2O2S2/c1-21-17(22)15-14(11-4-6-12(19)7-5-11)10-24-16(15)20-18(21)25-9-13-3-2-8-23-13/h4-7,10,13H,2-3,8-9H2,1H3/t13-/m1/s1. The number of ether oxygens (including phenoxy) is 1.